The minimum Gasteiger partial charge on any atom is -0.439 e. The quantitative estimate of drug-likeness (QED) is 0.444. The van der Waals surface area contributed by atoms with Gasteiger partial charge in [-0.15, -0.1) is 0 Å². The molecule has 5 rings (SSSR count). The lowest BCUT2D eigenvalue weighted by atomic mass is 10.2. The number of H-pyrrole nitrogens is 1. The van der Waals surface area contributed by atoms with Gasteiger partial charge in [0.05, 0.1) is 5.52 Å². The number of nitrogen functional groups attached to an aromatic ring is 1. The van der Waals surface area contributed by atoms with E-state index in [1.807, 2.05) is 54.8 Å². The van der Waals surface area contributed by atoms with Gasteiger partial charge in [-0.05, 0) is 62.4 Å². The van der Waals surface area contributed by atoms with Crippen molar-refractivity contribution >= 4 is 27.5 Å². The molecule has 0 aliphatic heterocycles. The summed E-state index contributed by atoms with van der Waals surface area (Å²) in [6, 6.07) is 17.7. The van der Waals surface area contributed by atoms with Crippen LogP contribution in [0.5, 0.6) is 11.6 Å². The van der Waals surface area contributed by atoms with Crippen LogP contribution in [0.3, 0.4) is 0 Å². The minimum atomic E-state index is 0.494. The summed E-state index contributed by atoms with van der Waals surface area (Å²) in [7, 11) is 0. The number of fused-ring (bicyclic) bond motifs is 2. The number of aryl methyl sites for hydroxylation is 2. The Morgan fingerprint density at radius 2 is 1.86 bits per heavy atom. The average Bonchev–Trinajstić information content (AvgIpc) is 3.19. The van der Waals surface area contributed by atoms with Crippen LogP contribution in [0.4, 0.5) is 5.69 Å². The number of anilines is 1. The van der Waals surface area contributed by atoms with Gasteiger partial charge < -0.3 is 15.5 Å². The number of nitrogens with one attached hydrogen (secondary N) is 1. The van der Waals surface area contributed by atoms with E-state index < -0.39 is 0 Å². The van der Waals surface area contributed by atoms with Crippen LogP contribution in [-0.4, -0.2) is 19.5 Å². The summed E-state index contributed by atoms with van der Waals surface area (Å²) in [6.45, 7) is 4.06. The number of benzene rings is 2. The average molecular weight is 369 g/mol. The number of aromatic amines is 1. The van der Waals surface area contributed by atoms with E-state index in [1.165, 1.54) is 0 Å². The lowest BCUT2D eigenvalue weighted by molar-refractivity contribution is 0.461. The first-order valence-electron chi connectivity index (χ1n) is 9.05. The zero-order valence-corrected chi connectivity index (χ0v) is 15.6. The molecule has 0 aliphatic carbocycles. The van der Waals surface area contributed by atoms with Crippen molar-refractivity contribution in [2.75, 3.05) is 5.73 Å². The third-order valence-electron chi connectivity index (χ3n) is 4.78. The molecular formula is C22H19N5O. The fourth-order valence-corrected chi connectivity index (χ4v) is 3.57. The van der Waals surface area contributed by atoms with Gasteiger partial charge >= 0.3 is 0 Å². The highest BCUT2D eigenvalue weighted by Gasteiger charge is 2.12. The van der Waals surface area contributed by atoms with Gasteiger partial charge in [0.25, 0.3) is 0 Å². The van der Waals surface area contributed by atoms with Gasteiger partial charge in [0.15, 0.2) is 0 Å². The third-order valence-corrected chi connectivity index (χ3v) is 4.78. The molecule has 0 saturated heterocycles. The van der Waals surface area contributed by atoms with Gasteiger partial charge in [-0.2, -0.15) is 4.98 Å². The summed E-state index contributed by atoms with van der Waals surface area (Å²) < 4.78 is 8.01. The zero-order valence-electron chi connectivity index (χ0n) is 15.6. The predicted octanol–water partition coefficient (Wildman–Crippen LogP) is 4.89. The first kappa shape index (κ1) is 16.4. The first-order chi connectivity index (χ1) is 13.6. The standard InChI is InChI=1S/C22H19N5O/c1-13-9-15-12-18(4-5-19(15)25-13)28-21-7-8-24-22(26-21)27-14(2)10-16-11-17(23)3-6-20(16)27/h3-12,25H,23H2,1-2H3. The van der Waals surface area contributed by atoms with Gasteiger partial charge in [0.1, 0.15) is 5.75 Å². The molecule has 5 aromatic rings. The Morgan fingerprint density at radius 3 is 2.75 bits per heavy atom. The molecule has 3 N–H and O–H groups in total. The predicted molar refractivity (Wildman–Crippen MR) is 111 cm³/mol. The molecule has 0 aliphatic rings. The maximum absolute atomic E-state index is 6.01. The SMILES string of the molecule is Cc1cc2cc(Oc3ccnc(-n4c(C)cc5cc(N)ccc54)n3)ccc2[nH]1. The van der Waals surface area contributed by atoms with Crippen LogP contribution >= 0.6 is 0 Å². The van der Waals surface area contributed by atoms with Gasteiger partial charge in [0.2, 0.25) is 11.8 Å². The Hall–Kier alpha value is -3.80. The second kappa shape index (κ2) is 6.13. The van der Waals surface area contributed by atoms with Crippen molar-refractivity contribution in [1.29, 1.82) is 0 Å². The van der Waals surface area contributed by atoms with Crippen LogP contribution in [0, 0.1) is 13.8 Å². The molecule has 0 atom stereocenters. The second-order valence-electron chi connectivity index (χ2n) is 6.94. The van der Waals surface area contributed by atoms with Crippen molar-refractivity contribution in [1.82, 2.24) is 19.5 Å². The molecule has 6 nitrogen and oxygen atoms in total. The van der Waals surface area contributed by atoms with Crippen molar-refractivity contribution in [2.24, 2.45) is 0 Å². The lowest BCUT2D eigenvalue weighted by Crippen LogP contribution is -2.03. The van der Waals surface area contributed by atoms with Crippen molar-refractivity contribution in [3.8, 4) is 17.6 Å². The molecule has 138 valence electrons. The fraction of sp³-hybridized carbons (Fsp3) is 0.0909. The highest BCUT2D eigenvalue weighted by molar-refractivity contribution is 5.85. The maximum atomic E-state index is 6.01. The number of hydrogen-bond donors (Lipinski definition) is 2. The van der Waals surface area contributed by atoms with E-state index in [0.717, 1.165) is 44.6 Å². The smallest absolute Gasteiger partial charge is 0.237 e. The van der Waals surface area contributed by atoms with E-state index in [1.54, 1.807) is 12.3 Å². The number of rotatable bonds is 3. The van der Waals surface area contributed by atoms with Crippen molar-refractivity contribution in [3.05, 3.63) is 72.2 Å². The van der Waals surface area contributed by atoms with Crippen molar-refractivity contribution in [2.45, 2.75) is 13.8 Å². The van der Waals surface area contributed by atoms with Crippen LogP contribution in [0.25, 0.3) is 27.8 Å². The largest absolute Gasteiger partial charge is 0.439 e. The highest BCUT2D eigenvalue weighted by atomic mass is 16.5. The summed E-state index contributed by atoms with van der Waals surface area (Å²) in [4.78, 5) is 12.4. The number of nitrogens with two attached hydrogens (primary N) is 1. The minimum absolute atomic E-state index is 0.494. The normalized spacial score (nSPS) is 11.4. The second-order valence-corrected chi connectivity index (χ2v) is 6.94. The summed E-state index contributed by atoms with van der Waals surface area (Å²) in [5.74, 6) is 1.79. The maximum Gasteiger partial charge on any atom is 0.237 e. The van der Waals surface area contributed by atoms with E-state index in [4.69, 9.17) is 10.5 Å². The highest BCUT2D eigenvalue weighted by Crippen LogP contribution is 2.27. The molecule has 6 heteroatoms. The van der Waals surface area contributed by atoms with Gasteiger partial charge in [-0.1, -0.05) is 0 Å². The van der Waals surface area contributed by atoms with Gasteiger partial charge in [-0.25, -0.2) is 4.98 Å². The molecule has 3 heterocycles. The van der Waals surface area contributed by atoms with Crippen molar-refractivity contribution < 1.29 is 4.74 Å². The molecule has 0 spiro atoms. The van der Waals surface area contributed by atoms with Crippen LogP contribution in [0.1, 0.15) is 11.4 Å². The summed E-state index contributed by atoms with van der Waals surface area (Å²) in [5, 5.41) is 2.16. The van der Waals surface area contributed by atoms with E-state index in [2.05, 4.69) is 27.1 Å². The molecule has 0 radical (unpaired) electrons. The van der Waals surface area contributed by atoms with Crippen LogP contribution in [-0.2, 0) is 0 Å². The van der Waals surface area contributed by atoms with Crippen molar-refractivity contribution in [3.63, 3.8) is 0 Å². The Labute approximate surface area is 161 Å². The molecular weight excluding hydrogens is 350 g/mol. The third kappa shape index (κ3) is 2.75. The Balaban J connectivity index is 1.53. The number of hydrogen-bond acceptors (Lipinski definition) is 4. The summed E-state index contributed by atoms with van der Waals surface area (Å²) in [6.07, 6.45) is 1.71. The van der Waals surface area contributed by atoms with E-state index >= 15 is 0 Å². The summed E-state index contributed by atoms with van der Waals surface area (Å²) in [5.41, 5.74) is 10.9. The number of ether oxygens (including phenoxy) is 1. The monoisotopic (exact) mass is 369 g/mol. The molecule has 0 bridgehead atoms. The molecule has 3 aromatic heterocycles. The topological polar surface area (TPSA) is 81.8 Å². The zero-order chi connectivity index (χ0) is 19.3. The molecule has 2 aromatic carbocycles. The molecule has 0 saturated carbocycles. The summed E-state index contributed by atoms with van der Waals surface area (Å²) >= 11 is 0. The molecule has 0 fully saturated rings. The molecule has 0 amide bonds. The number of nitrogens with zero attached hydrogens (tertiary/aromatic N) is 3. The Bertz CT molecular complexity index is 1330. The first-order valence-corrected chi connectivity index (χ1v) is 9.05. The van der Waals surface area contributed by atoms with E-state index in [9.17, 15) is 0 Å². The van der Waals surface area contributed by atoms with E-state index in [0.29, 0.717) is 11.8 Å². The van der Waals surface area contributed by atoms with Gasteiger partial charge in [-0.3, -0.25) is 4.57 Å². The number of aromatic nitrogens is 4. The van der Waals surface area contributed by atoms with Crippen LogP contribution in [0.15, 0.2) is 60.8 Å². The van der Waals surface area contributed by atoms with Gasteiger partial charge in [0, 0.05) is 45.6 Å². The van der Waals surface area contributed by atoms with Crippen LogP contribution in [0.2, 0.25) is 0 Å². The van der Waals surface area contributed by atoms with Crippen LogP contribution < -0.4 is 10.5 Å². The molecule has 0 unspecified atom stereocenters. The Kier molecular flexibility index (Phi) is 3.58. The Morgan fingerprint density at radius 1 is 0.964 bits per heavy atom. The lowest BCUT2D eigenvalue weighted by Gasteiger charge is -2.09. The van der Waals surface area contributed by atoms with E-state index in [-0.39, 0.29) is 0 Å². The fourth-order valence-electron chi connectivity index (χ4n) is 3.57. The molecule has 28 heavy (non-hydrogen) atoms.